The highest BCUT2D eigenvalue weighted by atomic mass is 16.7. The van der Waals surface area contributed by atoms with Crippen LogP contribution < -0.4 is 9.31 Å². The highest BCUT2D eigenvalue weighted by Crippen LogP contribution is 2.42. The van der Waals surface area contributed by atoms with Crippen molar-refractivity contribution in [1.82, 2.24) is 0 Å². The van der Waals surface area contributed by atoms with Gasteiger partial charge >= 0.3 is 14.2 Å². The van der Waals surface area contributed by atoms with Gasteiger partial charge in [0.1, 0.15) is 11.5 Å². The Balaban J connectivity index is 1.61. The van der Waals surface area contributed by atoms with Crippen LogP contribution in [0.1, 0.15) is 27.2 Å². The lowest BCUT2D eigenvalue weighted by Crippen LogP contribution is -2.45. The molecule has 0 radical (unpaired) electrons. The van der Waals surface area contributed by atoms with E-state index in [-0.39, 0.29) is 25.4 Å². The molecule has 106 valence electrons. The summed E-state index contributed by atoms with van der Waals surface area (Å²) in [6, 6.07) is 7.76. The molecule has 0 bridgehead atoms. The monoisotopic (exact) mass is 274 g/mol. The van der Waals surface area contributed by atoms with Gasteiger partial charge in [0.05, 0.1) is 11.2 Å². The van der Waals surface area contributed by atoms with Crippen LogP contribution in [0, 0.1) is 0 Å². The topological polar surface area (TPSA) is 36.9 Å². The minimum Gasteiger partial charge on any atom is -0.523 e. The molecule has 0 aromatic heterocycles. The second kappa shape index (κ2) is 4.71. The van der Waals surface area contributed by atoms with Gasteiger partial charge in [0.2, 0.25) is 0 Å². The van der Waals surface area contributed by atoms with Gasteiger partial charge in [-0.05, 0) is 46.1 Å². The summed E-state index contributed by atoms with van der Waals surface area (Å²) in [5, 5.41) is 0. The van der Waals surface area contributed by atoms with Crippen LogP contribution in [0.5, 0.6) is 11.5 Å². The summed E-state index contributed by atoms with van der Waals surface area (Å²) in [7, 11) is -0.405. The van der Waals surface area contributed by atoms with Crippen molar-refractivity contribution >= 4 is 14.2 Å². The third-order valence-electron chi connectivity index (χ3n) is 4.38. The molecule has 1 aromatic carbocycles. The molecule has 0 saturated carbocycles. The minimum absolute atomic E-state index is 0.169. The highest BCUT2D eigenvalue weighted by Gasteiger charge is 2.52. The van der Waals surface area contributed by atoms with E-state index in [1.807, 2.05) is 31.1 Å². The second-order valence-corrected chi connectivity index (χ2v) is 6.20. The molecule has 4 nitrogen and oxygen atoms in total. The zero-order valence-corrected chi connectivity index (χ0v) is 12.5. The Morgan fingerprint density at radius 3 is 2.10 bits per heavy atom. The van der Waals surface area contributed by atoms with E-state index in [0.717, 1.165) is 24.2 Å². The molecule has 2 heterocycles. The standard InChI is InChI=1S/C14H20B2O4/c1-13(2)14(3,20-15(4)19-13)9-10-16-17-11-7-5-6-8-12(11)18-16/h5-8H,9-10H2,1-4H3. The number of rotatable bonds is 3. The molecule has 20 heavy (non-hydrogen) atoms. The van der Waals surface area contributed by atoms with Gasteiger partial charge in [-0.15, -0.1) is 0 Å². The van der Waals surface area contributed by atoms with Gasteiger partial charge in [-0.2, -0.15) is 0 Å². The fraction of sp³-hybridized carbons (Fsp3) is 0.571. The number of hydrogen-bond donors (Lipinski definition) is 0. The third-order valence-corrected chi connectivity index (χ3v) is 4.38. The molecule has 6 heteroatoms. The van der Waals surface area contributed by atoms with E-state index in [9.17, 15) is 0 Å². The van der Waals surface area contributed by atoms with Crippen LogP contribution in [0.25, 0.3) is 0 Å². The van der Waals surface area contributed by atoms with E-state index in [1.165, 1.54) is 0 Å². The van der Waals surface area contributed by atoms with Crippen molar-refractivity contribution in [2.75, 3.05) is 0 Å². The molecule has 2 aliphatic rings. The lowest BCUT2D eigenvalue weighted by Gasteiger charge is -2.36. The number of hydrogen-bond acceptors (Lipinski definition) is 4. The summed E-state index contributed by atoms with van der Waals surface area (Å²) >= 11 is 0. The lowest BCUT2D eigenvalue weighted by molar-refractivity contribution is -0.0125. The summed E-state index contributed by atoms with van der Waals surface area (Å²) < 4.78 is 23.4. The van der Waals surface area contributed by atoms with Crippen LogP contribution in [0.15, 0.2) is 24.3 Å². The zero-order valence-electron chi connectivity index (χ0n) is 12.5. The quantitative estimate of drug-likeness (QED) is 0.794. The maximum absolute atomic E-state index is 5.97. The fourth-order valence-electron chi connectivity index (χ4n) is 2.90. The summed E-state index contributed by atoms with van der Waals surface area (Å²) in [5.41, 5.74) is -0.633. The van der Waals surface area contributed by atoms with Gasteiger partial charge in [-0.1, -0.05) is 12.1 Å². The number of para-hydroxylation sites is 2. The van der Waals surface area contributed by atoms with Crippen LogP contribution in [0.4, 0.5) is 0 Å². The molecule has 0 spiro atoms. The lowest BCUT2D eigenvalue weighted by atomic mass is 9.74. The van der Waals surface area contributed by atoms with Crippen LogP contribution in [-0.2, 0) is 9.31 Å². The van der Waals surface area contributed by atoms with Crippen LogP contribution >= 0.6 is 0 Å². The zero-order chi connectivity index (χ0) is 14.4. The molecule has 0 aliphatic carbocycles. The minimum atomic E-state index is -0.325. The Morgan fingerprint density at radius 2 is 1.60 bits per heavy atom. The molecule has 1 atom stereocenters. The summed E-state index contributed by atoms with van der Waals surface area (Å²) in [4.78, 5) is 0. The van der Waals surface area contributed by atoms with Crippen molar-refractivity contribution in [2.24, 2.45) is 0 Å². The van der Waals surface area contributed by atoms with Crippen LogP contribution in [0.3, 0.4) is 0 Å². The van der Waals surface area contributed by atoms with E-state index >= 15 is 0 Å². The molecule has 0 amide bonds. The molecule has 1 aromatic rings. The third kappa shape index (κ3) is 2.31. The van der Waals surface area contributed by atoms with Gasteiger partial charge < -0.3 is 18.6 Å². The van der Waals surface area contributed by atoms with Crippen molar-refractivity contribution in [3.63, 3.8) is 0 Å². The second-order valence-electron chi connectivity index (χ2n) is 6.20. The molecular weight excluding hydrogens is 254 g/mol. The number of fused-ring (bicyclic) bond motifs is 1. The van der Waals surface area contributed by atoms with E-state index in [1.54, 1.807) is 0 Å². The van der Waals surface area contributed by atoms with Crippen molar-refractivity contribution in [3.8, 4) is 11.5 Å². The Morgan fingerprint density at radius 1 is 1.00 bits per heavy atom. The van der Waals surface area contributed by atoms with Gasteiger partial charge in [0.15, 0.2) is 0 Å². The Labute approximate surface area is 121 Å². The SMILES string of the molecule is CB1OC(C)(C)C(C)(CCB2Oc3ccccc3O2)O1. The largest absolute Gasteiger partial charge is 0.594 e. The van der Waals surface area contributed by atoms with E-state index < -0.39 is 0 Å². The number of benzene rings is 1. The first-order valence-electron chi connectivity index (χ1n) is 7.18. The van der Waals surface area contributed by atoms with Crippen molar-refractivity contribution < 1.29 is 18.6 Å². The smallest absolute Gasteiger partial charge is 0.523 e. The van der Waals surface area contributed by atoms with E-state index in [2.05, 4.69) is 20.8 Å². The Bertz CT molecular complexity index is 483. The average Bonchev–Trinajstić information content (AvgIpc) is 2.85. The maximum atomic E-state index is 5.97. The summed E-state index contributed by atoms with van der Waals surface area (Å²) in [6.45, 7) is 8.17. The molecule has 0 N–H and O–H groups in total. The Kier molecular flexibility index (Phi) is 3.26. The van der Waals surface area contributed by atoms with Crippen molar-refractivity contribution in [3.05, 3.63) is 24.3 Å². The first-order chi connectivity index (χ1) is 9.40. The first kappa shape index (κ1) is 13.8. The van der Waals surface area contributed by atoms with Gasteiger partial charge in [0.25, 0.3) is 0 Å². The van der Waals surface area contributed by atoms with Crippen molar-refractivity contribution in [2.45, 2.75) is 51.5 Å². The van der Waals surface area contributed by atoms with Crippen molar-refractivity contribution in [1.29, 1.82) is 0 Å². The molecule has 3 rings (SSSR count). The maximum Gasteiger partial charge on any atom is 0.594 e. The first-order valence-corrected chi connectivity index (χ1v) is 7.18. The molecule has 1 saturated heterocycles. The van der Waals surface area contributed by atoms with Gasteiger partial charge in [-0.3, -0.25) is 0 Å². The van der Waals surface area contributed by atoms with Crippen LogP contribution in [-0.4, -0.2) is 25.4 Å². The summed E-state index contributed by atoms with van der Waals surface area (Å²) in [6.07, 6.45) is 1.59. The Hall–Kier alpha value is -1.13. The van der Waals surface area contributed by atoms with Gasteiger partial charge in [-0.25, -0.2) is 0 Å². The highest BCUT2D eigenvalue weighted by molar-refractivity contribution is 6.47. The molecule has 1 fully saturated rings. The fourth-order valence-corrected chi connectivity index (χ4v) is 2.90. The molecule has 1 unspecified atom stereocenters. The molecule has 2 aliphatic heterocycles. The van der Waals surface area contributed by atoms with E-state index in [4.69, 9.17) is 18.6 Å². The van der Waals surface area contributed by atoms with Gasteiger partial charge in [0, 0.05) is 6.32 Å². The van der Waals surface area contributed by atoms with E-state index in [0.29, 0.717) is 0 Å². The normalized spacial score (nSPS) is 27.2. The van der Waals surface area contributed by atoms with Crippen LogP contribution in [0.2, 0.25) is 13.1 Å². The predicted molar refractivity (Wildman–Crippen MR) is 79.1 cm³/mol. The predicted octanol–water partition coefficient (Wildman–Crippen LogP) is 3.04. The summed E-state index contributed by atoms with van der Waals surface area (Å²) in [5.74, 6) is 1.64. The average molecular weight is 274 g/mol. The molecular formula is C14H20B2O4.